The van der Waals surface area contributed by atoms with Crippen molar-refractivity contribution in [3.63, 3.8) is 0 Å². The molecule has 1 aromatic heterocycles. The number of carbonyl (C=O) groups excluding carboxylic acids is 4. The van der Waals surface area contributed by atoms with Gasteiger partial charge in [-0.05, 0) is 30.3 Å². The van der Waals surface area contributed by atoms with E-state index in [-0.39, 0.29) is 17.8 Å². The second-order valence-electron chi connectivity index (χ2n) is 6.74. The fraction of sp³-hybridized carbons (Fsp3) is 0.0909. The SMILES string of the molecule is COC(=O)Cn1cc(/C=C2\C(=O)NC(=O)N(c3cccc(F)c3)C2=O)c2ccccc21. The third kappa shape index (κ3) is 3.68. The Morgan fingerprint density at radius 1 is 1.13 bits per heavy atom. The van der Waals surface area contributed by atoms with Crippen molar-refractivity contribution in [2.24, 2.45) is 0 Å². The highest BCUT2D eigenvalue weighted by Gasteiger charge is 2.37. The summed E-state index contributed by atoms with van der Waals surface area (Å²) in [6.45, 7) is -0.0613. The molecule has 1 saturated heterocycles. The van der Waals surface area contributed by atoms with E-state index in [0.29, 0.717) is 21.4 Å². The molecule has 0 aliphatic carbocycles. The first-order valence-corrected chi connectivity index (χ1v) is 9.21. The van der Waals surface area contributed by atoms with Crippen LogP contribution < -0.4 is 10.2 Å². The highest BCUT2D eigenvalue weighted by Crippen LogP contribution is 2.27. The monoisotopic (exact) mass is 421 g/mol. The van der Waals surface area contributed by atoms with Gasteiger partial charge in [-0.25, -0.2) is 14.1 Å². The van der Waals surface area contributed by atoms with E-state index in [1.807, 2.05) is 0 Å². The lowest BCUT2D eigenvalue weighted by atomic mass is 10.1. The first-order chi connectivity index (χ1) is 14.9. The summed E-state index contributed by atoms with van der Waals surface area (Å²) in [6, 6.07) is 11.1. The summed E-state index contributed by atoms with van der Waals surface area (Å²) in [5.41, 5.74) is 0.881. The van der Waals surface area contributed by atoms with Gasteiger partial charge in [-0.3, -0.25) is 19.7 Å². The minimum atomic E-state index is -0.967. The summed E-state index contributed by atoms with van der Waals surface area (Å²) >= 11 is 0. The lowest BCUT2D eigenvalue weighted by Gasteiger charge is -2.26. The van der Waals surface area contributed by atoms with Crippen LogP contribution in [0.3, 0.4) is 0 Å². The molecule has 4 amide bonds. The number of carbonyl (C=O) groups is 4. The zero-order valence-corrected chi connectivity index (χ0v) is 16.3. The van der Waals surface area contributed by atoms with Gasteiger partial charge in [0.25, 0.3) is 11.8 Å². The van der Waals surface area contributed by atoms with Crippen LogP contribution in [0.1, 0.15) is 5.56 Å². The lowest BCUT2D eigenvalue weighted by molar-refractivity contribution is -0.141. The lowest BCUT2D eigenvalue weighted by Crippen LogP contribution is -2.54. The van der Waals surface area contributed by atoms with Gasteiger partial charge in [0.1, 0.15) is 17.9 Å². The number of esters is 1. The Morgan fingerprint density at radius 2 is 1.90 bits per heavy atom. The third-order valence-corrected chi connectivity index (χ3v) is 4.81. The molecule has 0 radical (unpaired) electrons. The molecule has 0 spiro atoms. The number of methoxy groups -OCH3 is 1. The predicted octanol–water partition coefficient (Wildman–Crippen LogP) is 2.62. The van der Waals surface area contributed by atoms with Crippen LogP contribution in [-0.2, 0) is 25.7 Å². The average molecular weight is 421 g/mol. The number of hydrogen-bond donors (Lipinski definition) is 1. The Kier molecular flexibility index (Phi) is 5.08. The molecule has 1 N–H and O–H groups in total. The van der Waals surface area contributed by atoms with Crippen molar-refractivity contribution in [1.82, 2.24) is 9.88 Å². The summed E-state index contributed by atoms with van der Waals surface area (Å²) in [4.78, 5) is 50.1. The van der Waals surface area contributed by atoms with Crippen molar-refractivity contribution in [3.8, 4) is 0 Å². The molecule has 9 heteroatoms. The molecule has 0 bridgehead atoms. The van der Waals surface area contributed by atoms with Crippen LogP contribution in [0.2, 0.25) is 0 Å². The van der Waals surface area contributed by atoms with Crippen LogP contribution >= 0.6 is 0 Å². The number of nitrogens with zero attached hydrogens (tertiary/aromatic N) is 2. The van der Waals surface area contributed by atoms with E-state index in [1.165, 1.54) is 31.4 Å². The average Bonchev–Trinajstić information content (AvgIpc) is 3.08. The van der Waals surface area contributed by atoms with E-state index in [2.05, 4.69) is 5.32 Å². The van der Waals surface area contributed by atoms with Crippen LogP contribution in [0.4, 0.5) is 14.9 Å². The first-order valence-electron chi connectivity index (χ1n) is 9.21. The molecule has 3 aromatic rings. The number of imide groups is 2. The molecule has 0 unspecified atom stereocenters. The van der Waals surface area contributed by atoms with Crippen LogP contribution in [0.15, 0.2) is 60.3 Å². The molecule has 1 aliphatic rings. The molecule has 8 nitrogen and oxygen atoms in total. The minimum absolute atomic E-state index is 0.00554. The first kappa shape index (κ1) is 20.0. The van der Waals surface area contributed by atoms with E-state index in [1.54, 1.807) is 35.0 Å². The van der Waals surface area contributed by atoms with Crippen LogP contribution in [-0.4, -0.2) is 35.5 Å². The van der Waals surface area contributed by atoms with Crippen molar-refractivity contribution < 1.29 is 28.3 Å². The Balaban J connectivity index is 1.79. The minimum Gasteiger partial charge on any atom is -0.468 e. The zero-order chi connectivity index (χ0) is 22.1. The largest absolute Gasteiger partial charge is 0.468 e. The van der Waals surface area contributed by atoms with Crippen molar-refractivity contribution in [3.05, 3.63) is 71.7 Å². The fourth-order valence-corrected chi connectivity index (χ4v) is 3.39. The van der Waals surface area contributed by atoms with Crippen molar-refractivity contribution in [1.29, 1.82) is 0 Å². The van der Waals surface area contributed by atoms with Crippen molar-refractivity contribution in [2.75, 3.05) is 12.0 Å². The highest BCUT2D eigenvalue weighted by atomic mass is 19.1. The van der Waals surface area contributed by atoms with Gasteiger partial charge < -0.3 is 9.30 Å². The molecule has 2 aromatic carbocycles. The topological polar surface area (TPSA) is 97.7 Å². The maximum atomic E-state index is 13.6. The van der Waals surface area contributed by atoms with E-state index in [0.717, 1.165) is 6.07 Å². The molecule has 4 rings (SSSR count). The zero-order valence-electron chi connectivity index (χ0n) is 16.3. The quantitative estimate of drug-likeness (QED) is 0.397. The molecular weight excluding hydrogens is 405 g/mol. The normalized spacial score (nSPS) is 15.5. The Labute approximate surface area is 175 Å². The van der Waals surface area contributed by atoms with E-state index < -0.39 is 29.6 Å². The number of halogens is 1. The number of fused-ring (bicyclic) bond motifs is 1. The molecule has 1 aliphatic heterocycles. The van der Waals surface area contributed by atoms with Crippen molar-refractivity contribution in [2.45, 2.75) is 6.54 Å². The molecule has 156 valence electrons. The number of para-hydroxylation sites is 1. The smallest absolute Gasteiger partial charge is 0.335 e. The number of nitrogens with one attached hydrogen (secondary N) is 1. The summed E-state index contributed by atoms with van der Waals surface area (Å²) < 4.78 is 20.0. The van der Waals surface area contributed by atoms with Crippen molar-refractivity contribution >= 4 is 46.5 Å². The van der Waals surface area contributed by atoms with Gasteiger partial charge in [0.15, 0.2) is 0 Å². The van der Waals surface area contributed by atoms with E-state index in [4.69, 9.17) is 4.74 Å². The second kappa shape index (κ2) is 7.86. The molecule has 31 heavy (non-hydrogen) atoms. The van der Waals surface area contributed by atoms with Crippen LogP contribution in [0.5, 0.6) is 0 Å². The van der Waals surface area contributed by atoms with Crippen LogP contribution in [0.25, 0.3) is 17.0 Å². The Hall–Kier alpha value is -4.27. The van der Waals surface area contributed by atoms with Gasteiger partial charge in [0.2, 0.25) is 0 Å². The van der Waals surface area contributed by atoms with Crippen LogP contribution in [0, 0.1) is 5.82 Å². The maximum absolute atomic E-state index is 13.6. The molecule has 2 heterocycles. The number of anilines is 1. The molecule has 0 atom stereocenters. The molecule has 0 saturated carbocycles. The summed E-state index contributed by atoms with van der Waals surface area (Å²) in [5, 5.41) is 2.79. The Morgan fingerprint density at radius 3 is 2.65 bits per heavy atom. The van der Waals surface area contributed by atoms with Gasteiger partial charge >= 0.3 is 12.0 Å². The number of urea groups is 1. The standard InChI is InChI=1S/C22H16FN3O5/c1-31-19(27)12-25-11-13(16-7-2-3-8-18(16)25)9-17-20(28)24-22(30)26(21(17)29)15-6-4-5-14(23)10-15/h2-11H,12H2,1H3,(H,24,28,30)/b17-9+. The summed E-state index contributed by atoms with van der Waals surface area (Å²) in [5.74, 6) is -2.85. The van der Waals surface area contributed by atoms with Gasteiger partial charge in [-0.15, -0.1) is 0 Å². The highest BCUT2D eigenvalue weighted by molar-refractivity contribution is 6.39. The number of hydrogen-bond acceptors (Lipinski definition) is 5. The number of benzene rings is 2. The predicted molar refractivity (Wildman–Crippen MR) is 109 cm³/mol. The second-order valence-corrected chi connectivity index (χ2v) is 6.74. The third-order valence-electron chi connectivity index (χ3n) is 4.81. The number of amides is 4. The number of aromatic nitrogens is 1. The summed E-state index contributed by atoms with van der Waals surface area (Å²) in [7, 11) is 1.28. The number of ether oxygens (including phenoxy) is 1. The van der Waals surface area contributed by atoms with Gasteiger partial charge in [-0.2, -0.15) is 0 Å². The molecular formula is C22H16FN3O5. The van der Waals surface area contributed by atoms with E-state index in [9.17, 15) is 23.6 Å². The number of rotatable bonds is 4. The van der Waals surface area contributed by atoms with Gasteiger partial charge in [-0.1, -0.05) is 24.3 Å². The van der Waals surface area contributed by atoms with Gasteiger partial charge in [0.05, 0.1) is 12.8 Å². The molecule has 1 fully saturated rings. The van der Waals surface area contributed by atoms with Gasteiger partial charge in [0, 0.05) is 22.7 Å². The van der Waals surface area contributed by atoms with E-state index >= 15 is 0 Å². The number of barbiturate groups is 1. The Bertz CT molecular complexity index is 1280. The summed E-state index contributed by atoms with van der Waals surface area (Å²) in [6.07, 6.45) is 2.95. The fourth-order valence-electron chi connectivity index (χ4n) is 3.39. The maximum Gasteiger partial charge on any atom is 0.335 e.